The average Bonchev–Trinajstić information content (AvgIpc) is 2.37. The molecule has 2 N–H and O–H groups in total. The fraction of sp³-hybridized carbons (Fsp3) is 0.0833. The van der Waals surface area contributed by atoms with E-state index in [1.807, 2.05) is 6.07 Å². The number of hydrogen-bond acceptors (Lipinski definition) is 4. The first-order chi connectivity index (χ1) is 8.95. The predicted molar refractivity (Wildman–Crippen MR) is 71.5 cm³/mol. The number of aromatic amines is 1. The summed E-state index contributed by atoms with van der Waals surface area (Å²) in [6.07, 6.45) is 0. The smallest absolute Gasteiger partial charge is 0.335 e. The second-order valence-electron chi connectivity index (χ2n) is 3.82. The molecule has 0 bridgehead atoms. The van der Waals surface area contributed by atoms with Crippen molar-refractivity contribution in [3.63, 3.8) is 0 Å². The van der Waals surface area contributed by atoms with Gasteiger partial charge in [0.25, 0.3) is 5.56 Å². The molecule has 6 nitrogen and oxygen atoms in total. The van der Waals surface area contributed by atoms with Gasteiger partial charge in [-0.05, 0) is 25.1 Å². The highest BCUT2D eigenvalue weighted by Gasteiger charge is 2.15. The topological polar surface area (TPSA) is 98.9 Å². The Bertz CT molecular complexity index is 814. The summed E-state index contributed by atoms with van der Waals surface area (Å²) < 4.78 is 1.56. The molecule has 0 aliphatic carbocycles. The summed E-state index contributed by atoms with van der Waals surface area (Å²) in [5.41, 5.74) is -1.06. The second kappa shape index (κ2) is 4.74. The number of H-pyrrole nitrogens is 1. The van der Waals surface area contributed by atoms with E-state index in [9.17, 15) is 14.7 Å². The molecule has 0 amide bonds. The molecule has 0 saturated carbocycles. The molecule has 0 saturated heterocycles. The minimum Gasteiger partial charge on any atom is -0.494 e. The summed E-state index contributed by atoms with van der Waals surface area (Å²) in [6, 6.07) is 6.58. The average molecular weight is 322 g/mol. The second-order valence-corrected chi connectivity index (χ2v) is 4.73. The third-order valence-corrected chi connectivity index (χ3v) is 3.12. The number of hydrogen-bond donors (Lipinski definition) is 2. The van der Waals surface area contributed by atoms with Crippen molar-refractivity contribution in [2.24, 2.45) is 0 Å². The lowest BCUT2D eigenvalue weighted by molar-refractivity contribution is 0.426. The fourth-order valence-electron chi connectivity index (χ4n) is 1.63. The summed E-state index contributed by atoms with van der Waals surface area (Å²) in [4.78, 5) is 25.2. The van der Waals surface area contributed by atoms with Crippen LogP contribution in [-0.4, -0.2) is 14.7 Å². The van der Waals surface area contributed by atoms with Crippen LogP contribution >= 0.6 is 15.9 Å². The number of benzene rings is 1. The van der Waals surface area contributed by atoms with Crippen molar-refractivity contribution in [1.82, 2.24) is 9.55 Å². The summed E-state index contributed by atoms with van der Waals surface area (Å²) in [7, 11) is 0. The molecule has 1 aromatic heterocycles. The Labute approximate surface area is 115 Å². The minimum absolute atomic E-state index is 0.00593. The predicted octanol–water partition coefficient (Wildman–Crippen LogP) is 1.17. The molecule has 19 heavy (non-hydrogen) atoms. The van der Waals surface area contributed by atoms with E-state index in [1.54, 1.807) is 6.07 Å². The van der Waals surface area contributed by atoms with Crippen LogP contribution in [0.5, 0.6) is 5.88 Å². The van der Waals surface area contributed by atoms with Crippen LogP contribution in [0.2, 0.25) is 0 Å². The van der Waals surface area contributed by atoms with Crippen molar-refractivity contribution < 1.29 is 5.11 Å². The van der Waals surface area contributed by atoms with Crippen molar-refractivity contribution in [3.05, 3.63) is 54.6 Å². The summed E-state index contributed by atoms with van der Waals surface area (Å²) >= 11 is 3.21. The number of aromatic hydroxyl groups is 1. The number of aromatic nitrogens is 2. The molecule has 0 atom stereocenters. The Morgan fingerprint density at radius 3 is 2.74 bits per heavy atom. The molecule has 7 heteroatoms. The van der Waals surface area contributed by atoms with E-state index >= 15 is 0 Å². The highest BCUT2D eigenvalue weighted by atomic mass is 79.9. The molecule has 2 rings (SSSR count). The van der Waals surface area contributed by atoms with E-state index in [-0.39, 0.29) is 16.8 Å². The minimum atomic E-state index is -0.799. The van der Waals surface area contributed by atoms with Crippen LogP contribution in [-0.2, 0) is 0 Å². The van der Waals surface area contributed by atoms with E-state index in [4.69, 9.17) is 5.26 Å². The number of nitrogens with zero attached hydrogens (tertiary/aromatic N) is 2. The standard InChI is InChI=1S/C12H8BrN3O3/c1-6-10(17)15-12(19)16(11(6)18)9-3-2-8(13)4-7(9)5-14/h2-4,18H,1H3,(H,15,17,19). The van der Waals surface area contributed by atoms with Crippen LogP contribution in [0.3, 0.4) is 0 Å². The van der Waals surface area contributed by atoms with Crippen LogP contribution in [0.25, 0.3) is 5.69 Å². The Morgan fingerprint density at radius 2 is 2.11 bits per heavy atom. The van der Waals surface area contributed by atoms with Gasteiger partial charge in [-0.1, -0.05) is 15.9 Å². The number of halogens is 1. The molecule has 2 aromatic rings. The normalized spacial score (nSPS) is 10.2. The van der Waals surface area contributed by atoms with E-state index in [2.05, 4.69) is 20.9 Å². The SMILES string of the molecule is Cc1c(O)n(-c2ccc(Br)cc2C#N)c(=O)[nH]c1=O. The zero-order chi connectivity index (χ0) is 14.2. The van der Waals surface area contributed by atoms with Gasteiger partial charge in [0.15, 0.2) is 0 Å². The fourth-order valence-corrected chi connectivity index (χ4v) is 1.99. The molecule has 0 spiro atoms. The Balaban J connectivity index is 2.89. The third kappa shape index (κ3) is 2.18. The van der Waals surface area contributed by atoms with Gasteiger partial charge >= 0.3 is 5.69 Å². The zero-order valence-corrected chi connectivity index (χ0v) is 11.4. The molecule has 96 valence electrons. The maximum Gasteiger partial charge on any atom is 0.335 e. The van der Waals surface area contributed by atoms with Crippen LogP contribution in [0, 0.1) is 18.3 Å². The number of nitrogens with one attached hydrogen (secondary N) is 1. The maximum atomic E-state index is 11.8. The van der Waals surface area contributed by atoms with Gasteiger partial charge in [-0.15, -0.1) is 0 Å². The van der Waals surface area contributed by atoms with Crippen LogP contribution in [0.15, 0.2) is 32.3 Å². The molecule has 1 heterocycles. The lowest BCUT2D eigenvalue weighted by atomic mass is 10.2. The van der Waals surface area contributed by atoms with Crippen molar-refractivity contribution in [3.8, 4) is 17.6 Å². The zero-order valence-electron chi connectivity index (χ0n) is 9.77. The van der Waals surface area contributed by atoms with Gasteiger partial charge in [-0.3, -0.25) is 9.78 Å². The van der Waals surface area contributed by atoms with Crippen LogP contribution < -0.4 is 11.2 Å². The Kier molecular flexibility index (Phi) is 3.27. The van der Waals surface area contributed by atoms with Crippen LogP contribution in [0.1, 0.15) is 11.1 Å². The van der Waals surface area contributed by atoms with Gasteiger partial charge < -0.3 is 5.11 Å². The lowest BCUT2D eigenvalue weighted by Crippen LogP contribution is -2.30. The third-order valence-electron chi connectivity index (χ3n) is 2.63. The molecule has 0 aliphatic rings. The summed E-state index contributed by atoms with van der Waals surface area (Å²) in [6.45, 7) is 1.38. The first-order valence-electron chi connectivity index (χ1n) is 5.20. The first-order valence-corrected chi connectivity index (χ1v) is 6.00. The van der Waals surface area contributed by atoms with E-state index in [1.165, 1.54) is 19.1 Å². The molecular formula is C12H8BrN3O3. The largest absolute Gasteiger partial charge is 0.494 e. The monoisotopic (exact) mass is 321 g/mol. The van der Waals surface area contributed by atoms with Gasteiger partial charge in [-0.25, -0.2) is 9.36 Å². The first kappa shape index (κ1) is 13.1. The van der Waals surface area contributed by atoms with Gasteiger partial charge in [0, 0.05) is 4.47 Å². The molecular weight excluding hydrogens is 314 g/mol. The highest BCUT2D eigenvalue weighted by Crippen LogP contribution is 2.22. The maximum absolute atomic E-state index is 11.8. The Morgan fingerprint density at radius 1 is 1.42 bits per heavy atom. The molecule has 0 aliphatic heterocycles. The summed E-state index contributed by atoms with van der Waals surface area (Å²) in [5, 5.41) is 19.0. The summed E-state index contributed by atoms with van der Waals surface area (Å²) in [5.74, 6) is -0.479. The van der Waals surface area contributed by atoms with E-state index in [0.717, 1.165) is 4.57 Å². The molecule has 0 unspecified atom stereocenters. The van der Waals surface area contributed by atoms with Crippen molar-refractivity contribution >= 4 is 15.9 Å². The molecule has 0 radical (unpaired) electrons. The van der Waals surface area contributed by atoms with Gasteiger partial charge in [0.05, 0.1) is 16.8 Å². The van der Waals surface area contributed by atoms with E-state index in [0.29, 0.717) is 4.47 Å². The van der Waals surface area contributed by atoms with Gasteiger partial charge in [0.2, 0.25) is 5.88 Å². The quantitative estimate of drug-likeness (QED) is 0.823. The van der Waals surface area contributed by atoms with Gasteiger partial charge in [-0.2, -0.15) is 5.26 Å². The molecule has 0 fully saturated rings. The van der Waals surface area contributed by atoms with Crippen molar-refractivity contribution in [2.75, 3.05) is 0 Å². The van der Waals surface area contributed by atoms with Gasteiger partial charge in [0.1, 0.15) is 6.07 Å². The van der Waals surface area contributed by atoms with Crippen molar-refractivity contribution in [1.29, 1.82) is 5.26 Å². The number of nitriles is 1. The number of rotatable bonds is 1. The molecule has 1 aromatic carbocycles. The highest BCUT2D eigenvalue weighted by molar-refractivity contribution is 9.10. The van der Waals surface area contributed by atoms with E-state index < -0.39 is 17.1 Å². The Hall–Kier alpha value is -2.33. The van der Waals surface area contributed by atoms with Crippen molar-refractivity contribution in [2.45, 2.75) is 6.92 Å². The van der Waals surface area contributed by atoms with Crippen LogP contribution in [0.4, 0.5) is 0 Å². The lowest BCUT2D eigenvalue weighted by Gasteiger charge is -2.11.